The van der Waals surface area contributed by atoms with Crippen LogP contribution < -0.4 is 15.0 Å². The van der Waals surface area contributed by atoms with E-state index < -0.39 is 6.10 Å². The van der Waals surface area contributed by atoms with E-state index in [2.05, 4.69) is 15.5 Å². The molecule has 3 rings (SSSR count). The molecule has 1 aromatic carbocycles. The summed E-state index contributed by atoms with van der Waals surface area (Å²) in [5.41, 5.74) is 0.673. The zero-order chi connectivity index (χ0) is 17.1. The van der Waals surface area contributed by atoms with Crippen LogP contribution in [0, 0.1) is 0 Å². The van der Waals surface area contributed by atoms with Crippen LogP contribution in [0.1, 0.15) is 13.8 Å². The highest BCUT2D eigenvalue weighted by Crippen LogP contribution is 2.33. The number of hydrogen-bond acceptors (Lipinski definition) is 7. The second kappa shape index (κ2) is 7.18. The van der Waals surface area contributed by atoms with Gasteiger partial charge in [-0.2, -0.15) is 0 Å². The average molecular weight is 364 g/mol. The third-order valence-electron chi connectivity index (χ3n) is 3.35. The molecule has 1 N–H and O–H groups in total. The smallest absolute Gasteiger partial charge is 0.269 e. The highest BCUT2D eigenvalue weighted by molar-refractivity contribution is 8.01. The van der Waals surface area contributed by atoms with E-state index in [0.29, 0.717) is 16.6 Å². The number of nitrogens with zero attached hydrogens (tertiary/aromatic N) is 3. The van der Waals surface area contributed by atoms with Gasteiger partial charge < -0.3 is 9.64 Å². The van der Waals surface area contributed by atoms with Crippen LogP contribution in [0.2, 0.25) is 0 Å². The highest BCUT2D eigenvalue weighted by Gasteiger charge is 2.32. The van der Waals surface area contributed by atoms with Crippen molar-refractivity contribution in [2.24, 2.45) is 0 Å². The standard InChI is InChI=1S/C15H16N4O3S2/c1-3-23-15-18-17-14(24-15)16-13(21)12-8-19(9(2)20)10-6-4-5-7-11(10)22-12/h4-7,12H,3,8H2,1-2H3,(H,16,17,21)/t12-/m1/s1. The Bertz CT molecular complexity index is 765. The van der Waals surface area contributed by atoms with Gasteiger partial charge in [-0.15, -0.1) is 10.2 Å². The number of amides is 2. The number of ether oxygens (including phenoxy) is 1. The normalized spacial score (nSPS) is 16.2. The summed E-state index contributed by atoms with van der Waals surface area (Å²) < 4.78 is 6.55. The molecule has 0 unspecified atom stereocenters. The maximum absolute atomic E-state index is 12.5. The van der Waals surface area contributed by atoms with Crippen LogP contribution in [0.15, 0.2) is 28.6 Å². The van der Waals surface area contributed by atoms with E-state index in [1.165, 1.54) is 18.3 Å². The van der Waals surface area contributed by atoms with Crippen LogP contribution in [0.5, 0.6) is 5.75 Å². The summed E-state index contributed by atoms with van der Waals surface area (Å²) in [6, 6.07) is 7.17. The van der Waals surface area contributed by atoms with E-state index in [1.54, 1.807) is 34.9 Å². The van der Waals surface area contributed by atoms with E-state index in [-0.39, 0.29) is 18.4 Å². The van der Waals surface area contributed by atoms with Gasteiger partial charge in [0, 0.05) is 6.92 Å². The van der Waals surface area contributed by atoms with E-state index in [0.717, 1.165) is 10.1 Å². The maximum Gasteiger partial charge on any atom is 0.269 e. The summed E-state index contributed by atoms with van der Waals surface area (Å²) in [6.07, 6.45) is -0.796. The van der Waals surface area contributed by atoms with Gasteiger partial charge in [-0.05, 0) is 17.9 Å². The Balaban J connectivity index is 1.74. The largest absolute Gasteiger partial charge is 0.476 e. The van der Waals surface area contributed by atoms with Gasteiger partial charge in [0.15, 0.2) is 10.4 Å². The Morgan fingerprint density at radius 2 is 2.21 bits per heavy atom. The predicted octanol–water partition coefficient (Wildman–Crippen LogP) is 2.40. The van der Waals surface area contributed by atoms with Crippen molar-refractivity contribution in [2.45, 2.75) is 24.3 Å². The number of benzene rings is 1. The van der Waals surface area contributed by atoms with Gasteiger partial charge in [-0.1, -0.05) is 42.2 Å². The molecule has 2 aromatic rings. The molecule has 2 amide bonds. The van der Waals surface area contributed by atoms with Gasteiger partial charge in [0.05, 0.1) is 12.2 Å². The molecule has 9 heteroatoms. The predicted molar refractivity (Wildman–Crippen MR) is 93.8 cm³/mol. The van der Waals surface area contributed by atoms with E-state index >= 15 is 0 Å². The number of carbonyl (C=O) groups is 2. The Hall–Kier alpha value is -2.13. The monoisotopic (exact) mass is 364 g/mol. The molecular weight excluding hydrogens is 348 g/mol. The van der Waals surface area contributed by atoms with Gasteiger partial charge in [-0.25, -0.2) is 0 Å². The fourth-order valence-corrected chi connectivity index (χ4v) is 3.95. The SMILES string of the molecule is CCSc1nnc(NC(=O)[C@H]2CN(C(C)=O)c3ccccc3O2)s1. The zero-order valence-corrected chi connectivity index (χ0v) is 14.8. The molecule has 0 bridgehead atoms. The molecule has 1 atom stereocenters. The molecule has 1 aromatic heterocycles. The van der Waals surface area contributed by atoms with Crippen molar-refractivity contribution >= 4 is 45.7 Å². The molecule has 0 saturated carbocycles. The van der Waals surface area contributed by atoms with Crippen molar-refractivity contribution in [1.29, 1.82) is 0 Å². The van der Waals surface area contributed by atoms with Crippen LogP contribution in [0.25, 0.3) is 0 Å². The number of nitrogens with one attached hydrogen (secondary N) is 1. The topological polar surface area (TPSA) is 84.4 Å². The third-order valence-corrected chi connectivity index (χ3v) is 5.20. The molecule has 0 aliphatic carbocycles. The van der Waals surface area contributed by atoms with Crippen LogP contribution in [0.3, 0.4) is 0 Å². The molecule has 0 spiro atoms. The van der Waals surface area contributed by atoms with Gasteiger partial charge in [0.25, 0.3) is 5.91 Å². The van der Waals surface area contributed by atoms with E-state index in [1.807, 2.05) is 13.0 Å². The van der Waals surface area contributed by atoms with Gasteiger partial charge >= 0.3 is 0 Å². The Morgan fingerprint density at radius 1 is 1.42 bits per heavy atom. The third kappa shape index (κ3) is 3.51. The zero-order valence-electron chi connectivity index (χ0n) is 13.2. The molecule has 0 saturated heterocycles. The van der Waals surface area contributed by atoms with Gasteiger partial charge in [0.1, 0.15) is 5.75 Å². The summed E-state index contributed by atoms with van der Waals surface area (Å²) >= 11 is 2.88. The number of anilines is 2. The van der Waals surface area contributed by atoms with Crippen molar-refractivity contribution < 1.29 is 14.3 Å². The van der Waals surface area contributed by atoms with Crippen molar-refractivity contribution in [3.05, 3.63) is 24.3 Å². The second-order valence-electron chi connectivity index (χ2n) is 5.00. The molecule has 126 valence electrons. The molecule has 1 aliphatic heterocycles. The van der Waals surface area contributed by atoms with Crippen molar-refractivity contribution in [3.8, 4) is 5.75 Å². The quantitative estimate of drug-likeness (QED) is 0.662. The van der Waals surface area contributed by atoms with E-state index in [9.17, 15) is 9.59 Å². The summed E-state index contributed by atoms with van der Waals surface area (Å²) in [4.78, 5) is 25.9. The molecule has 0 fully saturated rings. The number of para-hydroxylation sites is 2. The summed E-state index contributed by atoms with van der Waals surface area (Å²) in [5, 5.41) is 11.1. The molecule has 24 heavy (non-hydrogen) atoms. The number of carbonyl (C=O) groups excluding carboxylic acids is 2. The first-order valence-corrected chi connectivity index (χ1v) is 9.19. The van der Waals surface area contributed by atoms with Crippen LogP contribution >= 0.6 is 23.1 Å². The van der Waals surface area contributed by atoms with Gasteiger partial charge in [0.2, 0.25) is 11.0 Å². The average Bonchev–Trinajstić information content (AvgIpc) is 3.01. The first kappa shape index (κ1) is 16.7. The summed E-state index contributed by atoms with van der Waals surface area (Å²) in [7, 11) is 0. The number of rotatable bonds is 4. The minimum Gasteiger partial charge on any atom is -0.476 e. The van der Waals surface area contributed by atoms with E-state index in [4.69, 9.17) is 4.74 Å². The number of aromatic nitrogens is 2. The molecular formula is C15H16N4O3S2. The number of fused-ring (bicyclic) bond motifs is 1. The lowest BCUT2D eigenvalue weighted by Crippen LogP contribution is -2.48. The Labute approximate surface area is 147 Å². The first-order valence-electron chi connectivity index (χ1n) is 7.39. The van der Waals surface area contributed by atoms with Crippen molar-refractivity contribution in [2.75, 3.05) is 22.5 Å². The number of hydrogen-bond donors (Lipinski definition) is 1. The lowest BCUT2D eigenvalue weighted by Gasteiger charge is -2.33. The van der Waals surface area contributed by atoms with Crippen LogP contribution in [0.4, 0.5) is 10.8 Å². The fraction of sp³-hybridized carbons (Fsp3) is 0.333. The molecule has 7 nitrogen and oxygen atoms in total. The second-order valence-corrected chi connectivity index (χ2v) is 7.49. The Kier molecular flexibility index (Phi) is 5.00. The fourth-order valence-electron chi connectivity index (χ4n) is 2.30. The van der Waals surface area contributed by atoms with Crippen molar-refractivity contribution in [3.63, 3.8) is 0 Å². The number of thioether (sulfide) groups is 1. The minimum atomic E-state index is -0.796. The maximum atomic E-state index is 12.5. The van der Waals surface area contributed by atoms with Crippen LogP contribution in [-0.2, 0) is 9.59 Å². The van der Waals surface area contributed by atoms with Crippen molar-refractivity contribution in [1.82, 2.24) is 10.2 Å². The lowest BCUT2D eigenvalue weighted by molar-refractivity contribution is -0.123. The van der Waals surface area contributed by atoms with Crippen LogP contribution in [-0.4, -0.2) is 40.4 Å². The molecule has 0 radical (unpaired) electrons. The molecule has 2 heterocycles. The Morgan fingerprint density at radius 3 is 2.96 bits per heavy atom. The highest BCUT2D eigenvalue weighted by atomic mass is 32.2. The first-order chi connectivity index (χ1) is 11.6. The minimum absolute atomic E-state index is 0.138. The lowest BCUT2D eigenvalue weighted by atomic mass is 10.2. The van der Waals surface area contributed by atoms with Gasteiger partial charge in [-0.3, -0.25) is 14.9 Å². The summed E-state index contributed by atoms with van der Waals surface area (Å²) in [6.45, 7) is 3.65. The molecule has 1 aliphatic rings. The summed E-state index contributed by atoms with van der Waals surface area (Å²) in [5.74, 6) is 0.915.